The molecular weight excluding hydrogens is 207 g/mol. The van der Waals surface area contributed by atoms with E-state index in [1.165, 1.54) is 6.08 Å². The third-order valence-electron chi connectivity index (χ3n) is 1.43. The number of benzene rings is 1. The Morgan fingerprint density at radius 3 is 2.21 bits per heavy atom. The predicted molar refractivity (Wildman–Crippen MR) is 45.5 cm³/mol. The Morgan fingerprint density at radius 1 is 1.14 bits per heavy atom. The maximum Gasteiger partial charge on any atom is 1.00 e. The second-order valence-corrected chi connectivity index (χ2v) is 2.40. The zero-order chi connectivity index (χ0) is 9.68. The van der Waals surface area contributed by atoms with E-state index in [4.69, 9.17) is 0 Å². The minimum Gasteiger partial charge on any atom is -0.541 e. The third-order valence-corrected chi connectivity index (χ3v) is 1.43. The standard InChI is InChI=1S/C10H8O3.K/c11-9(10(12)13)7-6-8-4-2-1-3-5-8;/h1-7H,(H,12,13);/q;+1/p-1. The third kappa shape index (κ3) is 4.83. The van der Waals surface area contributed by atoms with Crippen LogP contribution in [0.25, 0.3) is 6.08 Å². The molecule has 1 aromatic carbocycles. The number of ketones is 1. The van der Waals surface area contributed by atoms with Crippen molar-refractivity contribution in [1.82, 2.24) is 0 Å². The van der Waals surface area contributed by atoms with Crippen molar-refractivity contribution in [3.8, 4) is 0 Å². The van der Waals surface area contributed by atoms with Gasteiger partial charge in [0, 0.05) is 0 Å². The van der Waals surface area contributed by atoms with E-state index in [1.807, 2.05) is 6.07 Å². The molecule has 0 bridgehead atoms. The van der Waals surface area contributed by atoms with Gasteiger partial charge in [-0.2, -0.15) is 0 Å². The van der Waals surface area contributed by atoms with Crippen LogP contribution in [0, 0.1) is 0 Å². The average Bonchev–Trinajstić information content (AvgIpc) is 2.15. The monoisotopic (exact) mass is 214 g/mol. The molecule has 0 atom stereocenters. The molecule has 0 aliphatic rings. The molecule has 0 radical (unpaired) electrons. The molecule has 0 saturated heterocycles. The number of hydrogen-bond donors (Lipinski definition) is 0. The fraction of sp³-hybridized carbons (Fsp3) is 0. The van der Waals surface area contributed by atoms with Gasteiger partial charge in [0.2, 0.25) is 5.78 Å². The Bertz CT molecular complexity index is 344. The Hall–Kier alpha value is -0.264. The van der Waals surface area contributed by atoms with Crippen LogP contribution in [0.2, 0.25) is 0 Å². The van der Waals surface area contributed by atoms with Gasteiger partial charge in [0.1, 0.15) is 5.97 Å². The molecule has 0 spiro atoms. The Kier molecular flexibility index (Phi) is 6.95. The smallest absolute Gasteiger partial charge is 0.541 e. The number of carboxylic acid groups (broad SMARTS) is 1. The summed E-state index contributed by atoms with van der Waals surface area (Å²) in [5.41, 5.74) is 0.775. The topological polar surface area (TPSA) is 57.2 Å². The second-order valence-electron chi connectivity index (χ2n) is 2.40. The van der Waals surface area contributed by atoms with Gasteiger partial charge in [-0.15, -0.1) is 0 Å². The van der Waals surface area contributed by atoms with Crippen LogP contribution in [0.3, 0.4) is 0 Å². The van der Waals surface area contributed by atoms with Crippen LogP contribution >= 0.6 is 0 Å². The molecule has 1 rings (SSSR count). The minimum atomic E-state index is -1.69. The van der Waals surface area contributed by atoms with E-state index in [0.29, 0.717) is 0 Å². The fourth-order valence-corrected chi connectivity index (χ4v) is 0.804. The van der Waals surface area contributed by atoms with E-state index in [9.17, 15) is 14.7 Å². The number of carbonyl (C=O) groups is 2. The summed E-state index contributed by atoms with van der Waals surface area (Å²) in [6.45, 7) is 0. The average molecular weight is 214 g/mol. The van der Waals surface area contributed by atoms with Gasteiger partial charge >= 0.3 is 51.4 Å². The summed E-state index contributed by atoms with van der Waals surface area (Å²) < 4.78 is 0. The molecule has 0 amide bonds. The molecule has 0 saturated carbocycles. The molecule has 14 heavy (non-hydrogen) atoms. The molecule has 66 valence electrons. The van der Waals surface area contributed by atoms with Crippen LogP contribution in [0.1, 0.15) is 5.56 Å². The number of rotatable bonds is 3. The largest absolute Gasteiger partial charge is 1.00 e. The molecule has 0 aromatic heterocycles. The first-order chi connectivity index (χ1) is 6.20. The molecular formula is C10H7KO3. The van der Waals surface area contributed by atoms with Crippen LogP contribution < -0.4 is 56.5 Å². The summed E-state index contributed by atoms with van der Waals surface area (Å²) in [5, 5.41) is 10.0. The van der Waals surface area contributed by atoms with Gasteiger partial charge in [0.15, 0.2) is 0 Å². The normalized spacial score (nSPS) is 9.43. The van der Waals surface area contributed by atoms with E-state index in [-0.39, 0.29) is 51.4 Å². The van der Waals surface area contributed by atoms with E-state index >= 15 is 0 Å². The zero-order valence-electron chi connectivity index (χ0n) is 7.77. The van der Waals surface area contributed by atoms with Crippen molar-refractivity contribution in [2.45, 2.75) is 0 Å². The van der Waals surface area contributed by atoms with Gasteiger partial charge in [-0.25, -0.2) is 0 Å². The van der Waals surface area contributed by atoms with Crippen molar-refractivity contribution >= 4 is 17.8 Å². The van der Waals surface area contributed by atoms with Crippen molar-refractivity contribution in [2.75, 3.05) is 0 Å². The molecule has 3 nitrogen and oxygen atoms in total. The molecule has 0 heterocycles. The first-order valence-electron chi connectivity index (χ1n) is 3.68. The summed E-state index contributed by atoms with van der Waals surface area (Å²) >= 11 is 0. The number of aliphatic carboxylic acids is 1. The van der Waals surface area contributed by atoms with Crippen molar-refractivity contribution < 1.29 is 66.1 Å². The van der Waals surface area contributed by atoms with Crippen molar-refractivity contribution in [3.05, 3.63) is 42.0 Å². The Balaban J connectivity index is 0.00000169. The number of carbonyl (C=O) groups excluding carboxylic acids is 2. The molecule has 0 fully saturated rings. The van der Waals surface area contributed by atoms with Crippen LogP contribution in [0.4, 0.5) is 0 Å². The second kappa shape index (κ2) is 7.08. The molecule has 0 aliphatic heterocycles. The van der Waals surface area contributed by atoms with E-state index in [2.05, 4.69) is 0 Å². The van der Waals surface area contributed by atoms with Gasteiger partial charge in [0.05, 0.1) is 0 Å². The number of carboxylic acids is 1. The summed E-state index contributed by atoms with van der Waals surface area (Å²) in [4.78, 5) is 20.6. The number of hydrogen-bond acceptors (Lipinski definition) is 3. The maximum absolute atomic E-state index is 10.6. The van der Waals surface area contributed by atoms with E-state index in [1.54, 1.807) is 24.3 Å². The van der Waals surface area contributed by atoms with Crippen LogP contribution in [0.15, 0.2) is 36.4 Å². The van der Waals surface area contributed by atoms with Crippen LogP contribution in [-0.4, -0.2) is 11.8 Å². The SMILES string of the molecule is O=C([O-])C(=O)C=Cc1ccccc1.[K+]. The molecule has 0 N–H and O–H groups in total. The van der Waals surface area contributed by atoms with E-state index < -0.39 is 11.8 Å². The van der Waals surface area contributed by atoms with Gasteiger partial charge in [-0.3, -0.25) is 4.79 Å². The summed E-state index contributed by atoms with van der Waals surface area (Å²) in [6.07, 6.45) is 2.41. The Morgan fingerprint density at radius 2 is 1.71 bits per heavy atom. The first kappa shape index (κ1) is 13.7. The van der Waals surface area contributed by atoms with Gasteiger partial charge in [-0.05, 0) is 11.6 Å². The van der Waals surface area contributed by atoms with E-state index in [0.717, 1.165) is 11.6 Å². The molecule has 1 aromatic rings. The quantitative estimate of drug-likeness (QED) is 0.306. The molecule has 0 unspecified atom stereocenters. The first-order valence-corrected chi connectivity index (χ1v) is 3.68. The summed E-state index contributed by atoms with van der Waals surface area (Å²) in [5.74, 6) is -2.71. The predicted octanol–water partition coefficient (Wildman–Crippen LogP) is -2.98. The summed E-state index contributed by atoms with van der Waals surface area (Å²) in [7, 11) is 0. The van der Waals surface area contributed by atoms with Gasteiger partial charge in [0.25, 0.3) is 0 Å². The summed E-state index contributed by atoms with van der Waals surface area (Å²) in [6, 6.07) is 8.95. The van der Waals surface area contributed by atoms with Gasteiger partial charge in [-0.1, -0.05) is 36.4 Å². The maximum atomic E-state index is 10.6. The van der Waals surface area contributed by atoms with Crippen LogP contribution in [-0.2, 0) is 9.59 Å². The Labute approximate surface area is 124 Å². The minimum absolute atomic E-state index is 0. The fourth-order valence-electron chi connectivity index (χ4n) is 0.804. The molecule has 0 aliphatic carbocycles. The van der Waals surface area contributed by atoms with Crippen molar-refractivity contribution in [3.63, 3.8) is 0 Å². The van der Waals surface area contributed by atoms with Crippen molar-refractivity contribution in [1.29, 1.82) is 0 Å². The van der Waals surface area contributed by atoms with Gasteiger partial charge < -0.3 is 9.90 Å². The zero-order valence-corrected chi connectivity index (χ0v) is 10.9. The molecule has 4 heteroatoms. The van der Waals surface area contributed by atoms with Crippen LogP contribution in [0.5, 0.6) is 0 Å². The van der Waals surface area contributed by atoms with Crippen molar-refractivity contribution in [2.24, 2.45) is 0 Å².